The molecule has 0 aliphatic carbocycles. The van der Waals surface area contributed by atoms with Crippen LogP contribution in [0.15, 0.2) is 18.2 Å². The Morgan fingerprint density at radius 3 is 2.71 bits per heavy atom. The molecule has 1 rings (SSSR count). The van der Waals surface area contributed by atoms with Crippen LogP contribution < -0.4 is 0 Å². The zero-order valence-electron chi connectivity index (χ0n) is 7.44. The van der Waals surface area contributed by atoms with Gasteiger partial charge in [-0.15, -0.1) is 0 Å². The van der Waals surface area contributed by atoms with E-state index < -0.39 is 4.92 Å². The monoisotopic (exact) mass is 259 g/mol. The minimum atomic E-state index is -0.428. The quantitative estimate of drug-likeness (QED) is 0.511. The molecule has 1 aromatic carbocycles. The predicted octanol–water partition coefficient (Wildman–Crippen LogP) is 2.02. The topological polar surface area (TPSA) is 63.4 Å². The number of aliphatic hydroxyl groups is 1. The molecule has 0 aliphatic rings. The number of hydrogen-bond donors (Lipinski definition) is 1. The third-order valence-electron chi connectivity index (χ3n) is 1.88. The van der Waals surface area contributed by atoms with Crippen LogP contribution in [0.5, 0.6) is 0 Å². The van der Waals surface area contributed by atoms with Crippen LogP contribution in [0.25, 0.3) is 0 Å². The highest BCUT2D eigenvalue weighted by atomic mass is 79.9. The van der Waals surface area contributed by atoms with Gasteiger partial charge in [0.2, 0.25) is 0 Å². The lowest BCUT2D eigenvalue weighted by Gasteiger charge is -2.02. The molecular formula is C9H10BrNO3. The largest absolute Gasteiger partial charge is 0.396 e. The average molecular weight is 260 g/mol. The Morgan fingerprint density at radius 2 is 2.21 bits per heavy atom. The zero-order chi connectivity index (χ0) is 10.6. The first-order chi connectivity index (χ1) is 6.69. The fourth-order valence-corrected chi connectivity index (χ4v) is 1.57. The van der Waals surface area contributed by atoms with Crippen molar-refractivity contribution in [1.82, 2.24) is 0 Å². The van der Waals surface area contributed by atoms with E-state index in [1.807, 2.05) is 0 Å². The average Bonchev–Trinajstić information content (AvgIpc) is 2.17. The van der Waals surface area contributed by atoms with Gasteiger partial charge in [0.25, 0.3) is 5.69 Å². The Labute approximate surface area is 89.8 Å². The van der Waals surface area contributed by atoms with E-state index in [0.29, 0.717) is 17.3 Å². The van der Waals surface area contributed by atoms with E-state index in [4.69, 9.17) is 5.11 Å². The van der Waals surface area contributed by atoms with Crippen LogP contribution in [0, 0.1) is 10.1 Å². The summed E-state index contributed by atoms with van der Waals surface area (Å²) in [5.74, 6) is 0. The van der Waals surface area contributed by atoms with Gasteiger partial charge in [-0.1, -0.05) is 22.0 Å². The second-order valence-electron chi connectivity index (χ2n) is 2.83. The number of benzene rings is 1. The molecule has 4 nitrogen and oxygen atoms in total. The molecule has 5 heteroatoms. The smallest absolute Gasteiger partial charge is 0.272 e. The molecule has 0 fully saturated rings. The van der Waals surface area contributed by atoms with E-state index in [1.54, 1.807) is 12.1 Å². The molecule has 1 aromatic rings. The van der Waals surface area contributed by atoms with Crippen molar-refractivity contribution in [3.05, 3.63) is 39.4 Å². The van der Waals surface area contributed by atoms with Crippen LogP contribution in [-0.2, 0) is 11.8 Å². The number of hydrogen-bond acceptors (Lipinski definition) is 3. The summed E-state index contributed by atoms with van der Waals surface area (Å²) < 4.78 is 0. The molecule has 0 amide bonds. The van der Waals surface area contributed by atoms with Crippen LogP contribution >= 0.6 is 15.9 Å². The standard InChI is InChI=1S/C9H10BrNO3/c10-6-7-1-2-9(11(13)14)8(5-7)3-4-12/h1-2,5,12H,3-4,6H2. The maximum Gasteiger partial charge on any atom is 0.272 e. The third kappa shape index (κ3) is 2.52. The SMILES string of the molecule is O=[N+]([O-])c1ccc(CBr)cc1CCO. The summed E-state index contributed by atoms with van der Waals surface area (Å²) in [6, 6.07) is 4.92. The fourth-order valence-electron chi connectivity index (χ4n) is 1.22. The lowest BCUT2D eigenvalue weighted by atomic mass is 10.1. The summed E-state index contributed by atoms with van der Waals surface area (Å²) in [6.07, 6.45) is 0.317. The summed E-state index contributed by atoms with van der Waals surface area (Å²) >= 11 is 3.27. The first-order valence-corrected chi connectivity index (χ1v) is 5.24. The Kier molecular flexibility index (Phi) is 4.03. The van der Waals surface area contributed by atoms with E-state index in [0.717, 1.165) is 5.56 Å². The molecule has 0 atom stereocenters. The molecule has 0 radical (unpaired) electrons. The molecule has 0 aliphatic heterocycles. The molecule has 0 saturated carbocycles. The molecule has 0 unspecified atom stereocenters. The summed E-state index contributed by atoms with van der Waals surface area (Å²) in [6.45, 7) is -0.0768. The Bertz CT molecular complexity index is 341. The maximum atomic E-state index is 10.6. The molecule has 0 aromatic heterocycles. The van der Waals surface area contributed by atoms with Crippen molar-refractivity contribution < 1.29 is 10.0 Å². The van der Waals surface area contributed by atoms with Gasteiger partial charge >= 0.3 is 0 Å². The number of aliphatic hydroxyl groups excluding tert-OH is 1. The highest BCUT2D eigenvalue weighted by Crippen LogP contribution is 2.21. The molecule has 14 heavy (non-hydrogen) atoms. The lowest BCUT2D eigenvalue weighted by molar-refractivity contribution is -0.385. The zero-order valence-corrected chi connectivity index (χ0v) is 9.03. The van der Waals surface area contributed by atoms with Gasteiger partial charge in [-0.2, -0.15) is 0 Å². The first-order valence-electron chi connectivity index (χ1n) is 4.12. The summed E-state index contributed by atoms with van der Waals surface area (Å²) in [5, 5.41) is 20.0. The van der Waals surface area contributed by atoms with Crippen molar-refractivity contribution >= 4 is 21.6 Å². The van der Waals surface area contributed by atoms with Gasteiger partial charge in [-0.3, -0.25) is 10.1 Å². The van der Waals surface area contributed by atoms with E-state index in [1.165, 1.54) is 6.07 Å². The minimum Gasteiger partial charge on any atom is -0.396 e. The third-order valence-corrected chi connectivity index (χ3v) is 2.52. The second kappa shape index (κ2) is 5.07. The normalized spacial score (nSPS) is 10.1. The predicted molar refractivity (Wildman–Crippen MR) is 56.5 cm³/mol. The van der Waals surface area contributed by atoms with Crippen molar-refractivity contribution in [3.63, 3.8) is 0 Å². The Hall–Kier alpha value is -0.940. The van der Waals surface area contributed by atoms with Crippen molar-refractivity contribution in [2.45, 2.75) is 11.8 Å². The van der Waals surface area contributed by atoms with Crippen LogP contribution in [0.1, 0.15) is 11.1 Å². The van der Waals surface area contributed by atoms with Gasteiger partial charge in [0.05, 0.1) is 4.92 Å². The Morgan fingerprint density at radius 1 is 1.50 bits per heavy atom. The number of nitrogens with zero attached hydrogens (tertiary/aromatic N) is 1. The number of halogens is 1. The maximum absolute atomic E-state index is 10.6. The summed E-state index contributed by atoms with van der Waals surface area (Å²) in [7, 11) is 0. The summed E-state index contributed by atoms with van der Waals surface area (Å²) in [4.78, 5) is 10.2. The van der Waals surface area contributed by atoms with Crippen LogP contribution in [0.3, 0.4) is 0 Å². The first kappa shape index (κ1) is 11.1. The highest BCUT2D eigenvalue weighted by molar-refractivity contribution is 9.08. The molecule has 76 valence electrons. The van der Waals surface area contributed by atoms with Gasteiger partial charge in [-0.05, 0) is 11.6 Å². The van der Waals surface area contributed by atoms with Crippen LogP contribution in [0.4, 0.5) is 5.69 Å². The number of nitro groups is 1. The van der Waals surface area contributed by atoms with Gasteiger partial charge < -0.3 is 5.11 Å². The minimum absolute atomic E-state index is 0.0729. The molecule has 0 spiro atoms. The van der Waals surface area contributed by atoms with Crippen molar-refractivity contribution in [1.29, 1.82) is 0 Å². The molecule has 0 saturated heterocycles. The molecule has 0 bridgehead atoms. The van der Waals surface area contributed by atoms with Crippen molar-refractivity contribution in [2.24, 2.45) is 0 Å². The highest BCUT2D eigenvalue weighted by Gasteiger charge is 2.12. The van der Waals surface area contributed by atoms with E-state index in [-0.39, 0.29) is 12.3 Å². The molecule has 0 heterocycles. The van der Waals surface area contributed by atoms with Gasteiger partial charge in [-0.25, -0.2) is 0 Å². The van der Waals surface area contributed by atoms with Gasteiger partial charge in [0.15, 0.2) is 0 Å². The molecule has 1 N–H and O–H groups in total. The lowest BCUT2D eigenvalue weighted by Crippen LogP contribution is -1.99. The Balaban J connectivity index is 3.10. The van der Waals surface area contributed by atoms with Crippen molar-refractivity contribution in [3.8, 4) is 0 Å². The molecular weight excluding hydrogens is 250 g/mol. The van der Waals surface area contributed by atoms with E-state index in [2.05, 4.69) is 15.9 Å². The summed E-state index contributed by atoms with van der Waals surface area (Å²) in [5.41, 5.74) is 1.62. The number of rotatable bonds is 4. The van der Waals surface area contributed by atoms with Crippen LogP contribution in [0.2, 0.25) is 0 Å². The van der Waals surface area contributed by atoms with Crippen molar-refractivity contribution in [2.75, 3.05) is 6.61 Å². The van der Waals surface area contributed by atoms with Crippen LogP contribution in [-0.4, -0.2) is 16.6 Å². The van der Waals surface area contributed by atoms with E-state index in [9.17, 15) is 10.1 Å². The number of alkyl halides is 1. The second-order valence-corrected chi connectivity index (χ2v) is 3.39. The van der Waals surface area contributed by atoms with E-state index >= 15 is 0 Å². The fraction of sp³-hybridized carbons (Fsp3) is 0.333. The number of nitro benzene ring substituents is 1. The van der Waals surface area contributed by atoms with Gasteiger partial charge in [0, 0.05) is 30.0 Å². The van der Waals surface area contributed by atoms with Gasteiger partial charge in [0.1, 0.15) is 0 Å².